The Kier molecular flexibility index (Phi) is 8.62. The van der Waals surface area contributed by atoms with Gasteiger partial charge in [0.05, 0.1) is 33.2 Å². The minimum atomic E-state index is -0.178. The summed E-state index contributed by atoms with van der Waals surface area (Å²) in [5, 5.41) is 12.2. The van der Waals surface area contributed by atoms with Crippen LogP contribution in [0.4, 0.5) is 0 Å². The molecule has 0 radical (unpaired) electrons. The van der Waals surface area contributed by atoms with Crippen molar-refractivity contribution in [2.45, 2.75) is 13.3 Å². The summed E-state index contributed by atoms with van der Waals surface area (Å²) in [6, 6.07) is 71.0. The smallest absolute Gasteiger partial charge is 0.167 e. The molecule has 1 atom stereocenters. The van der Waals surface area contributed by atoms with Gasteiger partial charge in [0.2, 0.25) is 0 Å². The van der Waals surface area contributed by atoms with Gasteiger partial charge in [-0.25, -0.2) is 15.0 Å². The summed E-state index contributed by atoms with van der Waals surface area (Å²) in [5.74, 6) is 1.60. The van der Waals surface area contributed by atoms with Crippen molar-refractivity contribution >= 4 is 104 Å². The number of furan rings is 2. The standard InChI is InChI=1S/C70H43N5O2/c1-70-34-14-13-18-46(70)39-55-54-35-42-16-5-6-17-43(42)37-60(54)75(61(55)40-70)58-32-31-53(66-64(58)52-30-26-41-15-7-8-21-48(41)65(52)77-66)69-72-67(44-28-33-63-56(36-44)51-23-10-12-25-62(51)76-63)71-68(73-69)45-27-29-50-49-22-9-11-24-57(49)74(59(50)38-45)47-19-3-2-4-20-47/h2-39H,40H2,1H3. The third-order valence-electron chi connectivity index (χ3n) is 16.5. The Morgan fingerprint density at radius 2 is 1.13 bits per heavy atom. The molecule has 7 nitrogen and oxygen atoms in total. The maximum absolute atomic E-state index is 7.40. The van der Waals surface area contributed by atoms with E-state index in [1.807, 2.05) is 24.3 Å². The molecule has 5 aromatic heterocycles. The Morgan fingerprint density at radius 1 is 0.455 bits per heavy atom. The van der Waals surface area contributed by atoms with Crippen LogP contribution in [0.2, 0.25) is 0 Å². The van der Waals surface area contributed by atoms with Crippen LogP contribution in [0.5, 0.6) is 0 Å². The Hall–Kier alpha value is -10.1. The zero-order chi connectivity index (χ0) is 50.5. The highest BCUT2D eigenvalue weighted by Gasteiger charge is 2.35. The average Bonchev–Trinajstić information content (AvgIpc) is 4.44. The van der Waals surface area contributed by atoms with Gasteiger partial charge in [-0.3, -0.25) is 0 Å². The highest BCUT2D eigenvalue weighted by Crippen LogP contribution is 2.49. The first-order valence-electron chi connectivity index (χ1n) is 26.3. The number of allylic oxidation sites excluding steroid dienone is 5. The molecule has 0 N–H and O–H groups in total. The van der Waals surface area contributed by atoms with Crippen LogP contribution in [0.3, 0.4) is 0 Å². The highest BCUT2D eigenvalue weighted by atomic mass is 16.3. The molecule has 0 aliphatic heterocycles. The van der Waals surface area contributed by atoms with Crippen molar-refractivity contribution in [3.8, 4) is 45.5 Å². The summed E-state index contributed by atoms with van der Waals surface area (Å²) in [5.41, 5.74) is 14.8. The number of nitrogens with zero attached hydrogens (tertiary/aromatic N) is 5. The Morgan fingerprint density at radius 3 is 2.00 bits per heavy atom. The number of rotatable bonds is 5. The van der Waals surface area contributed by atoms with Crippen molar-refractivity contribution in [2.75, 3.05) is 0 Å². The molecule has 10 aromatic carbocycles. The second-order valence-electron chi connectivity index (χ2n) is 21.0. The van der Waals surface area contributed by atoms with Crippen LogP contribution in [0.1, 0.15) is 18.2 Å². The molecule has 0 saturated carbocycles. The van der Waals surface area contributed by atoms with Crippen LogP contribution in [0.25, 0.3) is 150 Å². The molecule has 2 aliphatic rings. The first kappa shape index (κ1) is 42.3. The number of fused-ring (bicyclic) bond motifs is 16. The zero-order valence-corrected chi connectivity index (χ0v) is 41.7. The fourth-order valence-electron chi connectivity index (χ4n) is 12.8. The van der Waals surface area contributed by atoms with Crippen molar-refractivity contribution in [1.82, 2.24) is 24.1 Å². The Labute approximate surface area is 440 Å². The van der Waals surface area contributed by atoms with Gasteiger partial charge in [-0.1, -0.05) is 153 Å². The molecule has 0 saturated heterocycles. The molecule has 0 fully saturated rings. The first-order chi connectivity index (χ1) is 38.0. The summed E-state index contributed by atoms with van der Waals surface area (Å²) in [4.78, 5) is 16.4. The molecule has 0 spiro atoms. The molecule has 15 aromatic rings. The van der Waals surface area contributed by atoms with Gasteiger partial charge in [-0.15, -0.1) is 0 Å². The molecule has 2 aliphatic carbocycles. The molecular formula is C70H43N5O2. The molecule has 360 valence electrons. The lowest BCUT2D eigenvalue weighted by atomic mass is 9.71. The fourth-order valence-corrected chi connectivity index (χ4v) is 12.8. The minimum Gasteiger partial charge on any atom is -0.456 e. The lowest BCUT2D eigenvalue weighted by Crippen LogP contribution is -2.25. The summed E-state index contributed by atoms with van der Waals surface area (Å²) in [6.45, 7) is 2.36. The number of para-hydroxylation sites is 3. The van der Waals surface area contributed by atoms with Crippen molar-refractivity contribution < 1.29 is 8.83 Å². The number of benzene rings is 10. The van der Waals surface area contributed by atoms with Crippen LogP contribution in [0.15, 0.2) is 239 Å². The van der Waals surface area contributed by atoms with Crippen molar-refractivity contribution in [1.29, 1.82) is 0 Å². The first-order valence-corrected chi connectivity index (χ1v) is 26.3. The van der Waals surface area contributed by atoms with Crippen LogP contribution < -0.4 is 0 Å². The van der Waals surface area contributed by atoms with E-state index in [0.717, 1.165) is 105 Å². The Bertz CT molecular complexity index is 5160. The van der Waals surface area contributed by atoms with Gasteiger partial charge in [0, 0.05) is 77.6 Å². The highest BCUT2D eigenvalue weighted by molar-refractivity contribution is 6.20. The van der Waals surface area contributed by atoms with Gasteiger partial charge in [-0.05, 0) is 107 Å². The monoisotopic (exact) mass is 985 g/mol. The van der Waals surface area contributed by atoms with Gasteiger partial charge < -0.3 is 18.0 Å². The van der Waals surface area contributed by atoms with E-state index < -0.39 is 0 Å². The van der Waals surface area contributed by atoms with Crippen LogP contribution in [0, 0.1) is 5.41 Å². The summed E-state index contributed by atoms with van der Waals surface area (Å²) in [6.07, 6.45) is 12.2. The zero-order valence-electron chi connectivity index (χ0n) is 41.7. The summed E-state index contributed by atoms with van der Waals surface area (Å²) >= 11 is 0. The predicted octanol–water partition coefficient (Wildman–Crippen LogP) is 18.1. The molecule has 0 amide bonds. The number of hydrogen-bond donors (Lipinski definition) is 0. The third kappa shape index (κ3) is 6.16. The third-order valence-corrected chi connectivity index (χ3v) is 16.5. The topological polar surface area (TPSA) is 74.8 Å². The number of hydrogen-bond acceptors (Lipinski definition) is 5. The van der Waals surface area contributed by atoms with Gasteiger partial charge in [0.15, 0.2) is 17.5 Å². The second-order valence-corrected chi connectivity index (χ2v) is 21.0. The molecule has 77 heavy (non-hydrogen) atoms. The van der Waals surface area contributed by atoms with E-state index in [1.165, 1.54) is 38.4 Å². The fraction of sp³-hybridized carbons (Fsp3) is 0.0429. The van der Waals surface area contributed by atoms with E-state index in [4.69, 9.17) is 23.8 Å². The van der Waals surface area contributed by atoms with E-state index >= 15 is 0 Å². The van der Waals surface area contributed by atoms with Gasteiger partial charge in [-0.2, -0.15) is 0 Å². The van der Waals surface area contributed by atoms with E-state index in [0.29, 0.717) is 23.1 Å². The van der Waals surface area contributed by atoms with Crippen molar-refractivity contribution in [3.63, 3.8) is 0 Å². The largest absolute Gasteiger partial charge is 0.456 e. The van der Waals surface area contributed by atoms with Gasteiger partial charge in [0.25, 0.3) is 0 Å². The normalized spacial score (nSPS) is 15.3. The van der Waals surface area contributed by atoms with Crippen LogP contribution in [-0.4, -0.2) is 24.1 Å². The molecule has 7 heteroatoms. The second kappa shape index (κ2) is 15.7. The lowest BCUT2D eigenvalue weighted by Gasteiger charge is -2.34. The number of aromatic nitrogens is 5. The Balaban J connectivity index is 0.957. The average molecular weight is 986 g/mol. The molecule has 0 bridgehead atoms. The predicted molar refractivity (Wildman–Crippen MR) is 315 cm³/mol. The van der Waals surface area contributed by atoms with Gasteiger partial charge in [0.1, 0.15) is 22.3 Å². The van der Waals surface area contributed by atoms with E-state index in [1.54, 1.807) is 0 Å². The van der Waals surface area contributed by atoms with E-state index in [9.17, 15) is 0 Å². The molecular weight excluding hydrogens is 943 g/mol. The van der Waals surface area contributed by atoms with Crippen LogP contribution >= 0.6 is 0 Å². The summed E-state index contributed by atoms with van der Waals surface area (Å²) in [7, 11) is 0. The molecule has 5 heterocycles. The summed E-state index contributed by atoms with van der Waals surface area (Å²) < 4.78 is 18.6. The van der Waals surface area contributed by atoms with E-state index in [2.05, 4.69) is 222 Å². The van der Waals surface area contributed by atoms with Gasteiger partial charge >= 0.3 is 0 Å². The quantitative estimate of drug-likeness (QED) is 0.172. The van der Waals surface area contributed by atoms with Crippen molar-refractivity contribution in [3.05, 3.63) is 241 Å². The van der Waals surface area contributed by atoms with E-state index in [-0.39, 0.29) is 5.41 Å². The minimum absolute atomic E-state index is 0.178. The SMILES string of the molecule is CC12C=CC=CC1=Cc1c(n(-c3ccc(-c4nc(-c5ccc6oc7ccccc7c6c5)nc(-c5ccc6c7ccccc7n(-c7ccccc7)c6c5)n4)c4oc5c6ccccc6ccc5c34)c3cc4ccccc4cc13)C2. The van der Waals surface area contributed by atoms with Crippen LogP contribution in [-0.2, 0) is 6.42 Å². The van der Waals surface area contributed by atoms with Crippen molar-refractivity contribution in [2.24, 2.45) is 5.41 Å². The molecule has 1 unspecified atom stereocenters. The lowest BCUT2D eigenvalue weighted by molar-refractivity contribution is 0.506. The maximum Gasteiger partial charge on any atom is 0.167 e. The maximum atomic E-state index is 7.40. The molecule has 17 rings (SSSR count).